The highest BCUT2D eigenvalue weighted by molar-refractivity contribution is 5.37. The zero-order valence-corrected chi connectivity index (χ0v) is 12.5. The molecular formula is C16H21N3O. The van der Waals surface area contributed by atoms with Crippen LogP contribution in [0.5, 0.6) is 0 Å². The molecule has 0 atom stereocenters. The molecule has 4 heteroatoms. The molecule has 106 valence electrons. The van der Waals surface area contributed by atoms with Crippen molar-refractivity contribution in [3.63, 3.8) is 0 Å². The molecule has 0 amide bonds. The summed E-state index contributed by atoms with van der Waals surface area (Å²) in [6, 6.07) is 8.38. The minimum absolute atomic E-state index is 0.497. The third-order valence-electron chi connectivity index (χ3n) is 3.31. The van der Waals surface area contributed by atoms with Crippen LogP contribution >= 0.6 is 0 Å². The van der Waals surface area contributed by atoms with E-state index < -0.39 is 0 Å². The molecular weight excluding hydrogens is 250 g/mol. The summed E-state index contributed by atoms with van der Waals surface area (Å²) in [7, 11) is 3.53. The van der Waals surface area contributed by atoms with Gasteiger partial charge in [-0.05, 0) is 30.5 Å². The number of nitrogens with one attached hydrogen (secondary N) is 1. The average molecular weight is 271 g/mol. The zero-order chi connectivity index (χ0) is 14.5. The predicted molar refractivity (Wildman–Crippen MR) is 81.0 cm³/mol. The molecule has 2 rings (SSSR count). The predicted octanol–water partition coefficient (Wildman–Crippen LogP) is 2.87. The smallest absolute Gasteiger partial charge is 0.135 e. The third kappa shape index (κ3) is 3.54. The standard InChI is InChI=1S/C16H21N3O/c1-11-5-6-13(7-12(11)2)8-16-18-14(10-20-4)9-15(17-3)19-16/h5-7,9H,8,10H2,1-4H3,(H,17,18,19). The Bertz CT molecular complexity index is 596. The summed E-state index contributed by atoms with van der Waals surface area (Å²) in [5.41, 5.74) is 4.72. The summed E-state index contributed by atoms with van der Waals surface area (Å²) < 4.78 is 5.15. The van der Waals surface area contributed by atoms with Crippen LogP contribution in [0.15, 0.2) is 24.3 Å². The fraction of sp³-hybridized carbons (Fsp3) is 0.375. The molecule has 2 aromatic rings. The number of methoxy groups -OCH3 is 1. The van der Waals surface area contributed by atoms with Gasteiger partial charge in [-0.2, -0.15) is 0 Å². The molecule has 0 saturated carbocycles. The van der Waals surface area contributed by atoms with E-state index in [1.807, 2.05) is 13.1 Å². The number of hydrogen-bond donors (Lipinski definition) is 1. The van der Waals surface area contributed by atoms with Gasteiger partial charge in [0, 0.05) is 26.6 Å². The largest absolute Gasteiger partial charge is 0.378 e. The number of rotatable bonds is 5. The molecule has 0 bridgehead atoms. The molecule has 0 fully saturated rings. The summed E-state index contributed by atoms with van der Waals surface area (Å²) in [5, 5.41) is 3.07. The number of ether oxygens (including phenoxy) is 1. The van der Waals surface area contributed by atoms with Gasteiger partial charge in [0.1, 0.15) is 11.6 Å². The van der Waals surface area contributed by atoms with Crippen LogP contribution in [0.1, 0.15) is 28.2 Å². The van der Waals surface area contributed by atoms with E-state index in [1.165, 1.54) is 16.7 Å². The molecule has 1 N–H and O–H groups in total. The maximum atomic E-state index is 5.15. The molecule has 0 radical (unpaired) electrons. The normalized spacial score (nSPS) is 10.6. The van der Waals surface area contributed by atoms with Crippen LogP contribution in [-0.4, -0.2) is 24.1 Å². The van der Waals surface area contributed by atoms with Crippen molar-refractivity contribution in [3.8, 4) is 0 Å². The molecule has 4 nitrogen and oxygen atoms in total. The van der Waals surface area contributed by atoms with Gasteiger partial charge >= 0.3 is 0 Å². The Morgan fingerprint density at radius 3 is 2.55 bits per heavy atom. The van der Waals surface area contributed by atoms with Gasteiger partial charge in [0.05, 0.1) is 12.3 Å². The Balaban J connectivity index is 2.27. The summed E-state index contributed by atoms with van der Waals surface area (Å²) in [6.45, 7) is 4.74. The average Bonchev–Trinajstić information content (AvgIpc) is 2.43. The van der Waals surface area contributed by atoms with Crippen LogP contribution < -0.4 is 5.32 Å². The van der Waals surface area contributed by atoms with E-state index in [4.69, 9.17) is 4.74 Å². The van der Waals surface area contributed by atoms with Crippen LogP contribution in [-0.2, 0) is 17.8 Å². The molecule has 0 aliphatic carbocycles. The quantitative estimate of drug-likeness (QED) is 0.908. The Hall–Kier alpha value is -1.94. The molecule has 20 heavy (non-hydrogen) atoms. The van der Waals surface area contributed by atoms with Crippen molar-refractivity contribution < 1.29 is 4.74 Å². The van der Waals surface area contributed by atoms with Gasteiger partial charge in [0.15, 0.2) is 0 Å². The molecule has 1 aromatic carbocycles. The van der Waals surface area contributed by atoms with Crippen LogP contribution in [0.4, 0.5) is 5.82 Å². The van der Waals surface area contributed by atoms with Crippen LogP contribution in [0.3, 0.4) is 0 Å². The summed E-state index contributed by atoms with van der Waals surface area (Å²) >= 11 is 0. The van der Waals surface area contributed by atoms with Crippen molar-refractivity contribution >= 4 is 5.82 Å². The third-order valence-corrected chi connectivity index (χ3v) is 3.31. The Morgan fingerprint density at radius 1 is 1.10 bits per heavy atom. The van der Waals surface area contributed by atoms with E-state index in [0.717, 1.165) is 23.8 Å². The molecule has 0 aliphatic heterocycles. The molecule has 0 saturated heterocycles. The first-order chi connectivity index (χ1) is 9.62. The SMILES string of the molecule is CNc1cc(COC)nc(Cc2ccc(C)c(C)c2)n1. The van der Waals surface area contributed by atoms with Crippen molar-refractivity contribution in [1.29, 1.82) is 0 Å². The highest BCUT2D eigenvalue weighted by atomic mass is 16.5. The minimum Gasteiger partial charge on any atom is -0.378 e. The van der Waals surface area contributed by atoms with E-state index in [1.54, 1.807) is 7.11 Å². The van der Waals surface area contributed by atoms with Gasteiger partial charge in [-0.3, -0.25) is 0 Å². The Morgan fingerprint density at radius 2 is 1.90 bits per heavy atom. The lowest BCUT2D eigenvalue weighted by Crippen LogP contribution is -2.05. The van der Waals surface area contributed by atoms with Crippen LogP contribution in [0.25, 0.3) is 0 Å². The van der Waals surface area contributed by atoms with Gasteiger partial charge in [0.2, 0.25) is 0 Å². The number of hydrogen-bond acceptors (Lipinski definition) is 4. The molecule has 0 unspecified atom stereocenters. The van der Waals surface area contributed by atoms with E-state index in [0.29, 0.717) is 6.61 Å². The number of nitrogens with zero attached hydrogens (tertiary/aromatic N) is 2. The summed E-state index contributed by atoms with van der Waals surface area (Å²) in [6.07, 6.45) is 0.730. The first kappa shape index (κ1) is 14.5. The van der Waals surface area contributed by atoms with Gasteiger partial charge in [0.25, 0.3) is 0 Å². The van der Waals surface area contributed by atoms with Gasteiger partial charge in [-0.25, -0.2) is 9.97 Å². The number of benzene rings is 1. The van der Waals surface area contributed by atoms with E-state index in [9.17, 15) is 0 Å². The van der Waals surface area contributed by atoms with E-state index in [-0.39, 0.29) is 0 Å². The van der Waals surface area contributed by atoms with Crippen molar-refractivity contribution in [3.05, 3.63) is 52.5 Å². The lowest BCUT2D eigenvalue weighted by molar-refractivity contribution is 0.181. The first-order valence-corrected chi connectivity index (χ1v) is 6.72. The highest BCUT2D eigenvalue weighted by Crippen LogP contribution is 2.14. The Kier molecular flexibility index (Phi) is 4.69. The van der Waals surface area contributed by atoms with Crippen molar-refractivity contribution in [2.45, 2.75) is 26.9 Å². The van der Waals surface area contributed by atoms with Crippen molar-refractivity contribution in [2.75, 3.05) is 19.5 Å². The Labute approximate surface area is 120 Å². The summed E-state index contributed by atoms with van der Waals surface area (Å²) in [5.74, 6) is 1.64. The number of aryl methyl sites for hydroxylation is 2. The number of aromatic nitrogens is 2. The van der Waals surface area contributed by atoms with Crippen molar-refractivity contribution in [2.24, 2.45) is 0 Å². The monoisotopic (exact) mass is 271 g/mol. The second-order valence-corrected chi connectivity index (χ2v) is 4.94. The lowest BCUT2D eigenvalue weighted by Gasteiger charge is -2.08. The zero-order valence-electron chi connectivity index (χ0n) is 12.5. The second-order valence-electron chi connectivity index (χ2n) is 4.94. The van der Waals surface area contributed by atoms with Crippen molar-refractivity contribution in [1.82, 2.24) is 9.97 Å². The van der Waals surface area contributed by atoms with Crippen LogP contribution in [0.2, 0.25) is 0 Å². The summed E-state index contributed by atoms with van der Waals surface area (Å²) in [4.78, 5) is 9.05. The number of anilines is 1. The van der Waals surface area contributed by atoms with E-state index in [2.05, 4.69) is 47.3 Å². The fourth-order valence-electron chi connectivity index (χ4n) is 2.08. The van der Waals surface area contributed by atoms with Crippen LogP contribution in [0, 0.1) is 13.8 Å². The van der Waals surface area contributed by atoms with Gasteiger partial charge in [-0.15, -0.1) is 0 Å². The lowest BCUT2D eigenvalue weighted by atomic mass is 10.0. The minimum atomic E-state index is 0.497. The topological polar surface area (TPSA) is 47.0 Å². The highest BCUT2D eigenvalue weighted by Gasteiger charge is 2.06. The maximum absolute atomic E-state index is 5.15. The first-order valence-electron chi connectivity index (χ1n) is 6.72. The molecule has 1 heterocycles. The maximum Gasteiger partial charge on any atom is 0.135 e. The fourth-order valence-corrected chi connectivity index (χ4v) is 2.08. The second kappa shape index (κ2) is 6.48. The van der Waals surface area contributed by atoms with Gasteiger partial charge in [-0.1, -0.05) is 18.2 Å². The molecule has 0 aliphatic rings. The van der Waals surface area contributed by atoms with Gasteiger partial charge < -0.3 is 10.1 Å². The molecule has 0 spiro atoms. The molecule has 1 aromatic heterocycles. The van der Waals surface area contributed by atoms with E-state index >= 15 is 0 Å².